The minimum absolute atomic E-state index is 0.0214. The number of amides is 1. The molecule has 1 N–H and O–H groups in total. The summed E-state index contributed by atoms with van der Waals surface area (Å²) in [4.78, 5) is 27.0. The highest BCUT2D eigenvalue weighted by molar-refractivity contribution is 5.98. The fourth-order valence-corrected chi connectivity index (χ4v) is 4.96. The number of benzene rings is 1. The fourth-order valence-electron chi connectivity index (χ4n) is 4.96. The van der Waals surface area contributed by atoms with Crippen LogP contribution in [0.2, 0.25) is 0 Å². The zero-order chi connectivity index (χ0) is 24.9. The van der Waals surface area contributed by atoms with Gasteiger partial charge in [0.2, 0.25) is 0 Å². The summed E-state index contributed by atoms with van der Waals surface area (Å²) in [6.45, 7) is 10.3. The van der Waals surface area contributed by atoms with E-state index in [1.165, 1.54) is 0 Å². The molecule has 1 amide bonds. The maximum Gasteiger partial charge on any atom is 0.267 e. The Bertz CT molecular complexity index is 1320. The molecule has 0 spiro atoms. The van der Waals surface area contributed by atoms with Crippen molar-refractivity contribution in [3.8, 4) is 0 Å². The van der Waals surface area contributed by atoms with E-state index in [0.717, 1.165) is 73.7 Å². The van der Waals surface area contributed by atoms with Crippen molar-refractivity contribution in [2.45, 2.75) is 20.0 Å². The Morgan fingerprint density at radius 1 is 1.06 bits per heavy atom. The van der Waals surface area contributed by atoms with Gasteiger partial charge in [0.15, 0.2) is 5.65 Å². The number of para-hydroxylation sites is 1. The van der Waals surface area contributed by atoms with Gasteiger partial charge in [-0.2, -0.15) is 0 Å². The van der Waals surface area contributed by atoms with Crippen molar-refractivity contribution in [2.75, 3.05) is 52.5 Å². The number of aromatic nitrogens is 4. The Labute approximate surface area is 211 Å². The number of hydrogen-bond donors (Lipinski definition) is 1. The van der Waals surface area contributed by atoms with Crippen LogP contribution in [-0.2, 0) is 24.9 Å². The van der Waals surface area contributed by atoms with Gasteiger partial charge in [0.25, 0.3) is 5.91 Å². The van der Waals surface area contributed by atoms with E-state index in [1.807, 2.05) is 67.2 Å². The number of ether oxygens (including phenoxy) is 1. The van der Waals surface area contributed by atoms with E-state index in [2.05, 4.69) is 24.7 Å². The van der Waals surface area contributed by atoms with Crippen LogP contribution in [0.5, 0.6) is 0 Å². The first kappa shape index (κ1) is 24.4. The molecule has 9 heteroatoms. The summed E-state index contributed by atoms with van der Waals surface area (Å²) in [6, 6.07) is 14.0. The lowest BCUT2D eigenvalue weighted by atomic mass is 10.2. The Morgan fingerprint density at radius 3 is 2.67 bits per heavy atom. The number of carbonyl (C=O) groups is 1. The second kappa shape index (κ2) is 11.2. The summed E-state index contributed by atoms with van der Waals surface area (Å²) in [6.07, 6.45) is 1.82. The molecule has 1 saturated heterocycles. The molecule has 0 radical (unpaired) electrons. The van der Waals surface area contributed by atoms with E-state index < -0.39 is 0 Å². The highest BCUT2D eigenvalue weighted by atomic mass is 16.5. The van der Waals surface area contributed by atoms with E-state index in [9.17, 15) is 4.79 Å². The number of nitrogens with zero attached hydrogens (tertiary/aromatic N) is 6. The van der Waals surface area contributed by atoms with Crippen molar-refractivity contribution in [3.05, 3.63) is 60.2 Å². The highest BCUT2D eigenvalue weighted by Crippen LogP contribution is 2.18. The van der Waals surface area contributed by atoms with Crippen LogP contribution in [0, 0.1) is 0 Å². The van der Waals surface area contributed by atoms with Gasteiger partial charge in [0, 0.05) is 76.6 Å². The normalized spacial score (nSPS) is 15.2. The quantitative estimate of drug-likeness (QED) is 0.345. The van der Waals surface area contributed by atoms with Gasteiger partial charge < -0.3 is 19.2 Å². The third kappa shape index (κ3) is 5.28. The molecule has 0 saturated carbocycles. The second-order valence-corrected chi connectivity index (χ2v) is 9.24. The lowest BCUT2D eigenvalue weighted by molar-refractivity contribution is 0.0925. The van der Waals surface area contributed by atoms with Gasteiger partial charge in [-0.25, -0.2) is 9.97 Å². The van der Waals surface area contributed by atoms with Gasteiger partial charge in [-0.05, 0) is 31.2 Å². The number of piperazine rings is 1. The standard InChI is InChI=1S/C27H35N7O2/c1-3-36-18-17-34-25(30-22-8-6-10-28-26(22)34)20-33-15-13-32(14-16-33)12-11-29-27(35)24-19-21-7-4-5-9-23(21)31(24)2/h4-10,19H,3,11-18,20H2,1-2H3,(H,29,35). The average Bonchev–Trinajstić information content (AvgIpc) is 3.42. The second-order valence-electron chi connectivity index (χ2n) is 9.24. The van der Waals surface area contributed by atoms with Crippen molar-refractivity contribution >= 4 is 28.0 Å². The van der Waals surface area contributed by atoms with Gasteiger partial charge in [0.1, 0.15) is 17.0 Å². The molecule has 0 bridgehead atoms. The molecule has 36 heavy (non-hydrogen) atoms. The molecule has 1 aliphatic rings. The molecular formula is C27H35N7O2. The van der Waals surface area contributed by atoms with E-state index in [4.69, 9.17) is 9.72 Å². The smallest absolute Gasteiger partial charge is 0.267 e. The molecular weight excluding hydrogens is 454 g/mol. The lowest BCUT2D eigenvalue weighted by Gasteiger charge is -2.34. The zero-order valence-electron chi connectivity index (χ0n) is 21.2. The maximum atomic E-state index is 12.8. The van der Waals surface area contributed by atoms with Crippen LogP contribution in [0.4, 0.5) is 0 Å². The molecule has 9 nitrogen and oxygen atoms in total. The van der Waals surface area contributed by atoms with Gasteiger partial charge in [-0.15, -0.1) is 0 Å². The zero-order valence-corrected chi connectivity index (χ0v) is 21.2. The summed E-state index contributed by atoms with van der Waals surface area (Å²) in [7, 11) is 1.94. The number of nitrogens with one attached hydrogen (secondary N) is 1. The summed E-state index contributed by atoms with van der Waals surface area (Å²) in [5, 5.41) is 4.19. The fraction of sp³-hybridized carbons (Fsp3) is 0.444. The SMILES string of the molecule is CCOCCn1c(CN2CCN(CCNC(=O)c3cc4ccccc4n3C)CC2)nc2cccnc21. The van der Waals surface area contributed by atoms with E-state index in [-0.39, 0.29) is 5.91 Å². The predicted molar refractivity (Wildman–Crippen MR) is 141 cm³/mol. The van der Waals surface area contributed by atoms with Crippen molar-refractivity contribution in [1.82, 2.24) is 34.2 Å². The van der Waals surface area contributed by atoms with Crippen molar-refractivity contribution in [3.63, 3.8) is 0 Å². The molecule has 5 rings (SSSR count). The Morgan fingerprint density at radius 2 is 1.86 bits per heavy atom. The van der Waals surface area contributed by atoms with Crippen LogP contribution < -0.4 is 5.32 Å². The first-order valence-corrected chi connectivity index (χ1v) is 12.8. The molecule has 190 valence electrons. The van der Waals surface area contributed by atoms with Gasteiger partial charge in [-0.1, -0.05) is 18.2 Å². The number of aryl methyl sites for hydroxylation is 1. The van der Waals surface area contributed by atoms with E-state index >= 15 is 0 Å². The molecule has 3 aromatic heterocycles. The Balaban J connectivity index is 1.11. The molecule has 0 aliphatic carbocycles. The first-order valence-electron chi connectivity index (χ1n) is 12.8. The Kier molecular flexibility index (Phi) is 7.60. The number of fused-ring (bicyclic) bond motifs is 2. The Hall–Kier alpha value is -3.27. The topological polar surface area (TPSA) is 80.5 Å². The molecule has 0 unspecified atom stereocenters. The molecule has 0 atom stereocenters. The number of pyridine rings is 1. The first-order chi connectivity index (χ1) is 17.6. The minimum atomic E-state index is -0.0214. The van der Waals surface area contributed by atoms with Crippen molar-refractivity contribution < 1.29 is 9.53 Å². The maximum absolute atomic E-state index is 12.8. The monoisotopic (exact) mass is 489 g/mol. The van der Waals surface area contributed by atoms with Gasteiger partial charge in [0.05, 0.1) is 13.2 Å². The van der Waals surface area contributed by atoms with Crippen molar-refractivity contribution in [1.29, 1.82) is 0 Å². The third-order valence-electron chi connectivity index (χ3n) is 6.97. The summed E-state index contributed by atoms with van der Waals surface area (Å²) >= 11 is 0. The molecule has 1 aliphatic heterocycles. The van der Waals surface area contributed by atoms with Gasteiger partial charge in [-0.3, -0.25) is 14.6 Å². The van der Waals surface area contributed by atoms with Gasteiger partial charge >= 0.3 is 0 Å². The highest BCUT2D eigenvalue weighted by Gasteiger charge is 2.20. The van der Waals surface area contributed by atoms with Crippen LogP contribution in [0.1, 0.15) is 23.2 Å². The summed E-state index contributed by atoms with van der Waals surface area (Å²) in [5.74, 6) is 1.02. The van der Waals surface area contributed by atoms with E-state index in [0.29, 0.717) is 25.5 Å². The molecule has 1 aromatic carbocycles. The lowest BCUT2D eigenvalue weighted by Crippen LogP contribution is -2.48. The largest absolute Gasteiger partial charge is 0.380 e. The van der Waals surface area contributed by atoms with Crippen LogP contribution in [0.15, 0.2) is 48.7 Å². The van der Waals surface area contributed by atoms with Crippen LogP contribution in [0.25, 0.3) is 22.1 Å². The summed E-state index contributed by atoms with van der Waals surface area (Å²) < 4.78 is 9.74. The molecule has 1 fully saturated rings. The van der Waals surface area contributed by atoms with E-state index in [1.54, 1.807) is 0 Å². The predicted octanol–water partition coefficient (Wildman–Crippen LogP) is 2.51. The number of rotatable bonds is 10. The molecule has 4 heterocycles. The minimum Gasteiger partial charge on any atom is -0.380 e. The van der Waals surface area contributed by atoms with Crippen LogP contribution in [-0.4, -0.2) is 87.3 Å². The van der Waals surface area contributed by atoms with Crippen molar-refractivity contribution in [2.24, 2.45) is 7.05 Å². The third-order valence-corrected chi connectivity index (χ3v) is 6.97. The van der Waals surface area contributed by atoms with Crippen LogP contribution in [0.3, 0.4) is 0 Å². The number of carbonyl (C=O) groups excluding carboxylic acids is 1. The number of hydrogen-bond acceptors (Lipinski definition) is 6. The number of imidazole rings is 1. The molecule has 4 aromatic rings. The van der Waals surface area contributed by atoms with Crippen LogP contribution >= 0.6 is 0 Å². The average molecular weight is 490 g/mol. The summed E-state index contributed by atoms with van der Waals surface area (Å²) in [5.41, 5.74) is 3.63.